The number of aromatic nitrogens is 1. The van der Waals surface area contributed by atoms with Gasteiger partial charge in [0, 0.05) is 36.8 Å². The smallest absolute Gasteiger partial charge is 0.138 e. The van der Waals surface area contributed by atoms with Gasteiger partial charge in [-0.25, -0.2) is 0 Å². The summed E-state index contributed by atoms with van der Waals surface area (Å²) in [5.74, 6) is 2.49. The maximum atomic E-state index is 5.35. The number of aryl methyl sites for hydroxylation is 2. The predicted molar refractivity (Wildman–Crippen MR) is 84.1 cm³/mol. The van der Waals surface area contributed by atoms with E-state index in [4.69, 9.17) is 4.52 Å². The van der Waals surface area contributed by atoms with Crippen LogP contribution in [0.4, 0.5) is 0 Å². The zero-order chi connectivity index (χ0) is 15.2. The fourth-order valence-electron chi connectivity index (χ4n) is 3.82. The van der Waals surface area contributed by atoms with Crippen molar-refractivity contribution in [2.45, 2.75) is 65.6 Å². The van der Waals surface area contributed by atoms with Crippen molar-refractivity contribution in [3.05, 3.63) is 17.0 Å². The number of hydrogen-bond donors (Lipinski definition) is 1. The third-order valence-corrected chi connectivity index (χ3v) is 5.51. The fourth-order valence-corrected chi connectivity index (χ4v) is 3.82. The molecule has 2 unspecified atom stereocenters. The second-order valence-corrected chi connectivity index (χ2v) is 7.59. The monoisotopic (exact) mass is 291 g/mol. The first kappa shape index (κ1) is 15.0. The average Bonchev–Trinajstić information content (AvgIpc) is 3.22. The molecule has 0 aromatic carbocycles. The summed E-state index contributed by atoms with van der Waals surface area (Å²) in [5, 5.41) is 7.97. The Kier molecular flexibility index (Phi) is 3.87. The Morgan fingerprint density at radius 3 is 2.62 bits per heavy atom. The van der Waals surface area contributed by atoms with E-state index >= 15 is 0 Å². The minimum Gasteiger partial charge on any atom is -0.361 e. The molecular formula is C17H29N3O. The molecule has 1 saturated carbocycles. The summed E-state index contributed by atoms with van der Waals surface area (Å²) < 4.78 is 5.35. The lowest BCUT2D eigenvalue weighted by Gasteiger charge is -2.48. The van der Waals surface area contributed by atoms with Gasteiger partial charge >= 0.3 is 0 Å². The van der Waals surface area contributed by atoms with Gasteiger partial charge in [0.05, 0.1) is 5.69 Å². The minimum absolute atomic E-state index is 0.282. The highest BCUT2D eigenvalue weighted by Gasteiger charge is 2.46. The fraction of sp³-hybridized carbons (Fsp3) is 0.824. The lowest BCUT2D eigenvalue weighted by molar-refractivity contribution is 0.0458. The molecule has 1 aliphatic heterocycles. The Balaban J connectivity index is 1.80. The largest absolute Gasteiger partial charge is 0.361 e. The highest BCUT2D eigenvalue weighted by Crippen LogP contribution is 2.42. The van der Waals surface area contributed by atoms with Crippen LogP contribution in [0.25, 0.3) is 0 Å². The van der Waals surface area contributed by atoms with Crippen LogP contribution in [-0.4, -0.2) is 34.7 Å². The topological polar surface area (TPSA) is 41.3 Å². The van der Waals surface area contributed by atoms with Crippen LogP contribution in [0.3, 0.4) is 0 Å². The van der Waals surface area contributed by atoms with Crippen LogP contribution in [0.15, 0.2) is 4.52 Å². The van der Waals surface area contributed by atoms with Gasteiger partial charge in [0.25, 0.3) is 0 Å². The van der Waals surface area contributed by atoms with Crippen molar-refractivity contribution in [3.8, 4) is 0 Å². The Morgan fingerprint density at radius 1 is 1.38 bits per heavy atom. The highest BCUT2D eigenvalue weighted by atomic mass is 16.5. The van der Waals surface area contributed by atoms with Gasteiger partial charge in [0.1, 0.15) is 5.76 Å². The van der Waals surface area contributed by atoms with Crippen LogP contribution in [0.2, 0.25) is 0 Å². The Hall–Kier alpha value is -0.870. The van der Waals surface area contributed by atoms with Crippen molar-refractivity contribution < 1.29 is 4.52 Å². The summed E-state index contributed by atoms with van der Waals surface area (Å²) in [6, 6.07) is 0.588. The van der Waals surface area contributed by atoms with Gasteiger partial charge in [0.2, 0.25) is 0 Å². The van der Waals surface area contributed by atoms with E-state index in [0.717, 1.165) is 37.0 Å². The van der Waals surface area contributed by atoms with Crippen molar-refractivity contribution in [1.29, 1.82) is 0 Å². The van der Waals surface area contributed by atoms with Gasteiger partial charge in [-0.3, -0.25) is 4.90 Å². The van der Waals surface area contributed by atoms with E-state index in [1.54, 1.807) is 0 Å². The van der Waals surface area contributed by atoms with Crippen molar-refractivity contribution in [3.63, 3.8) is 0 Å². The average molecular weight is 291 g/mol. The van der Waals surface area contributed by atoms with E-state index in [1.807, 2.05) is 6.92 Å². The number of nitrogens with one attached hydrogen (secondary N) is 1. The molecule has 1 N–H and O–H groups in total. The summed E-state index contributed by atoms with van der Waals surface area (Å²) in [6.07, 6.45) is 2.77. The zero-order valence-corrected chi connectivity index (χ0v) is 14.1. The molecule has 4 heteroatoms. The third-order valence-electron chi connectivity index (χ3n) is 5.51. The molecule has 2 heterocycles. The molecule has 3 rings (SSSR count). The van der Waals surface area contributed by atoms with Crippen molar-refractivity contribution in [2.24, 2.45) is 11.8 Å². The molecule has 2 fully saturated rings. The highest BCUT2D eigenvalue weighted by molar-refractivity contribution is 5.21. The van der Waals surface area contributed by atoms with E-state index in [0.29, 0.717) is 12.0 Å². The quantitative estimate of drug-likeness (QED) is 0.926. The minimum atomic E-state index is 0.282. The summed E-state index contributed by atoms with van der Waals surface area (Å²) in [4.78, 5) is 2.66. The van der Waals surface area contributed by atoms with Gasteiger partial charge in [-0.1, -0.05) is 19.0 Å². The Bertz CT molecular complexity index is 487. The second-order valence-electron chi connectivity index (χ2n) is 7.59. The Morgan fingerprint density at radius 2 is 2.10 bits per heavy atom. The van der Waals surface area contributed by atoms with E-state index in [-0.39, 0.29) is 5.54 Å². The second kappa shape index (κ2) is 5.40. The van der Waals surface area contributed by atoms with Crippen molar-refractivity contribution in [1.82, 2.24) is 15.4 Å². The molecule has 118 valence electrons. The first-order valence-electron chi connectivity index (χ1n) is 8.31. The van der Waals surface area contributed by atoms with Crippen LogP contribution in [0, 0.1) is 25.7 Å². The molecule has 1 saturated heterocycles. The van der Waals surface area contributed by atoms with Gasteiger partial charge in [0.15, 0.2) is 0 Å². The van der Waals surface area contributed by atoms with Gasteiger partial charge < -0.3 is 9.84 Å². The van der Waals surface area contributed by atoms with Crippen molar-refractivity contribution >= 4 is 0 Å². The van der Waals surface area contributed by atoms with Crippen LogP contribution in [0.5, 0.6) is 0 Å². The molecule has 1 aromatic rings. The summed E-state index contributed by atoms with van der Waals surface area (Å²) in [7, 11) is 0. The van der Waals surface area contributed by atoms with Crippen LogP contribution in [0.1, 0.15) is 50.6 Å². The van der Waals surface area contributed by atoms with E-state index < -0.39 is 0 Å². The number of rotatable bonds is 4. The standard InChI is InChI=1S/C17H29N3O/c1-11(2)16-8-18-17(5,14-6-7-14)10-20(16)9-15-12(3)19-21-13(15)4/h11,14,16,18H,6-10H2,1-5H3. The third kappa shape index (κ3) is 2.88. The molecule has 2 atom stereocenters. The van der Waals surface area contributed by atoms with E-state index in [1.165, 1.54) is 18.4 Å². The normalized spacial score (nSPS) is 31.0. The van der Waals surface area contributed by atoms with Crippen LogP contribution < -0.4 is 5.32 Å². The zero-order valence-electron chi connectivity index (χ0n) is 14.1. The SMILES string of the molecule is Cc1noc(C)c1CN1CC(C)(C2CC2)NCC1C(C)C. The van der Waals surface area contributed by atoms with Crippen LogP contribution >= 0.6 is 0 Å². The molecule has 2 aliphatic rings. The lowest BCUT2D eigenvalue weighted by Crippen LogP contribution is -2.64. The van der Waals surface area contributed by atoms with Crippen molar-refractivity contribution in [2.75, 3.05) is 13.1 Å². The summed E-state index contributed by atoms with van der Waals surface area (Å²) in [6.45, 7) is 14.3. The molecule has 0 spiro atoms. The Labute approximate surface area is 128 Å². The molecular weight excluding hydrogens is 262 g/mol. The number of hydrogen-bond acceptors (Lipinski definition) is 4. The molecule has 21 heavy (non-hydrogen) atoms. The number of piperazine rings is 1. The maximum absolute atomic E-state index is 5.35. The predicted octanol–water partition coefficient (Wildman–Crippen LogP) is 2.89. The van der Waals surface area contributed by atoms with E-state index in [9.17, 15) is 0 Å². The van der Waals surface area contributed by atoms with Crippen LogP contribution in [-0.2, 0) is 6.54 Å². The molecule has 0 bridgehead atoms. The molecule has 1 aliphatic carbocycles. The maximum Gasteiger partial charge on any atom is 0.138 e. The number of nitrogens with zero attached hydrogens (tertiary/aromatic N) is 2. The van der Waals surface area contributed by atoms with Gasteiger partial charge in [-0.05, 0) is 45.4 Å². The first-order chi connectivity index (χ1) is 9.90. The van der Waals surface area contributed by atoms with E-state index in [2.05, 4.69) is 43.1 Å². The van der Waals surface area contributed by atoms with Gasteiger partial charge in [-0.15, -0.1) is 0 Å². The molecule has 4 nitrogen and oxygen atoms in total. The molecule has 0 amide bonds. The first-order valence-corrected chi connectivity index (χ1v) is 8.31. The summed E-state index contributed by atoms with van der Waals surface area (Å²) in [5.41, 5.74) is 2.60. The molecule has 1 aromatic heterocycles. The summed E-state index contributed by atoms with van der Waals surface area (Å²) >= 11 is 0. The molecule has 0 radical (unpaired) electrons. The van der Waals surface area contributed by atoms with Gasteiger partial charge in [-0.2, -0.15) is 0 Å². The lowest BCUT2D eigenvalue weighted by atomic mass is 9.87.